The van der Waals surface area contributed by atoms with Crippen molar-refractivity contribution < 1.29 is 40.7 Å². The van der Waals surface area contributed by atoms with Crippen LogP contribution < -0.4 is 5.32 Å². The maximum atomic E-state index is 12.8. The average molecular weight is 475 g/mol. The first kappa shape index (κ1) is 23.7. The number of ether oxygens (including phenoxy) is 1. The Labute approximate surface area is 181 Å². The van der Waals surface area contributed by atoms with Crippen LogP contribution in [0.2, 0.25) is 0 Å². The highest BCUT2D eigenvalue weighted by atomic mass is 32.2. The number of rotatable bonds is 5. The first-order chi connectivity index (χ1) is 14.9. The van der Waals surface area contributed by atoms with Crippen LogP contribution in [0.4, 0.5) is 18.9 Å². The highest BCUT2D eigenvalue weighted by molar-refractivity contribution is 7.91. The van der Waals surface area contributed by atoms with Gasteiger partial charge in [-0.1, -0.05) is 6.07 Å². The normalized spacial score (nSPS) is 21.6. The lowest BCUT2D eigenvalue weighted by molar-refractivity contribution is -0.147. The number of carbonyl (C=O) groups excluding carboxylic acids is 3. The van der Waals surface area contributed by atoms with Crippen molar-refractivity contribution in [1.82, 2.24) is 5.01 Å². The molecule has 2 aliphatic heterocycles. The Morgan fingerprint density at radius 3 is 2.62 bits per heavy atom. The zero-order valence-corrected chi connectivity index (χ0v) is 17.7. The third-order valence-electron chi connectivity index (χ3n) is 4.96. The van der Waals surface area contributed by atoms with Crippen LogP contribution in [0.5, 0.6) is 0 Å². The van der Waals surface area contributed by atoms with Crippen molar-refractivity contribution in [3.05, 3.63) is 29.8 Å². The predicted molar refractivity (Wildman–Crippen MR) is 106 cm³/mol. The Bertz CT molecular complexity index is 1070. The van der Waals surface area contributed by atoms with Crippen molar-refractivity contribution in [3.63, 3.8) is 0 Å². The van der Waals surface area contributed by atoms with E-state index in [0.717, 1.165) is 23.2 Å². The number of esters is 1. The molecular weight excluding hydrogens is 455 g/mol. The summed E-state index contributed by atoms with van der Waals surface area (Å²) < 4.78 is 66.8. The second kappa shape index (κ2) is 8.88. The number of sulfone groups is 1. The molecule has 1 N–H and O–H groups in total. The summed E-state index contributed by atoms with van der Waals surface area (Å²) in [7, 11) is -3.28. The molecule has 13 heteroatoms. The highest BCUT2D eigenvalue weighted by Gasteiger charge is 2.38. The molecule has 0 spiro atoms. The minimum Gasteiger partial charge on any atom is -0.448 e. The lowest BCUT2D eigenvalue weighted by Gasteiger charge is -2.27. The zero-order valence-electron chi connectivity index (χ0n) is 16.9. The molecule has 2 amide bonds. The van der Waals surface area contributed by atoms with E-state index in [2.05, 4.69) is 10.4 Å². The summed E-state index contributed by atoms with van der Waals surface area (Å²) in [5, 5.41) is 7.18. The van der Waals surface area contributed by atoms with E-state index in [0.29, 0.717) is 0 Å². The summed E-state index contributed by atoms with van der Waals surface area (Å²) in [5.41, 5.74) is -1.22. The number of alkyl halides is 3. The monoisotopic (exact) mass is 475 g/mol. The molecule has 1 saturated heterocycles. The third kappa shape index (κ3) is 5.64. The minimum absolute atomic E-state index is 0.0460. The largest absolute Gasteiger partial charge is 0.448 e. The van der Waals surface area contributed by atoms with Crippen molar-refractivity contribution in [3.8, 4) is 0 Å². The molecule has 0 radical (unpaired) electrons. The number of amides is 2. The van der Waals surface area contributed by atoms with E-state index in [1.807, 2.05) is 0 Å². The van der Waals surface area contributed by atoms with E-state index in [-0.39, 0.29) is 42.2 Å². The molecule has 174 valence electrons. The van der Waals surface area contributed by atoms with Gasteiger partial charge in [0.15, 0.2) is 15.9 Å². The smallest absolute Gasteiger partial charge is 0.416 e. The molecular formula is C19H20F3N3O6S. The standard InChI is InChI=1S/C19H20F3N3O6S/c1-11(17(27)23-13-4-2-3-12(9-13)19(20,21)22)31-18(28)15-5-6-16(26)25(24-15)14-7-8-32(29,30)10-14/h2-4,9,11,14H,5-8,10H2,1H3,(H,23,27). The zero-order chi connectivity index (χ0) is 23.7. The van der Waals surface area contributed by atoms with Crippen LogP contribution in [0.15, 0.2) is 29.4 Å². The van der Waals surface area contributed by atoms with Gasteiger partial charge in [-0.3, -0.25) is 9.59 Å². The average Bonchev–Trinajstić information content (AvgIpc) is 3.07. The second-order valence-electron chi connectivity index (χ2n) is 7.46. The van der Waals surface area contributed by atoms with Gasteiger partial charge in [0, 0.05) is 18.5 Å². The van der Waals surface area contributed by atoms with Gasteiger partial charge in [-0.25, -0.2) is 18.2 Å². The van der Waals surface area contributed by atoms with Crippen molar-refractivity contribution in [2.75, 3.05) is 16.8 Å². The fraction of sp³-hybridized carbons (Fsp3) is 0.474. The molecule has 32 heavy (non-hydrogen) atoms. The first-order valence-corrected chi connectivity index (χ1v) is 11.5. The maximum absolute atomic E-state index is 12.8. The summed E-state index contributed by atoms with van der Waals surface area (Å²) in [6, 6.07) is 3.31. The molecule has 0 aliphatic carbocycles. The van der Waals surface area contributed by atoms with Gasteiger partial charge in [0.2, 0.25) is 5.91 Å². The van der Waals surface area contributed by atoms with E-state index < -0.39 is 51.5 Å². The summed E-state index contributed by atoms with van der Waals surface area (Å²) in [6.07, 6.45) is -5.86. The molecule has 2 heterocycles. The highest BCUT2D eigenvalue weighted by Crippen LogP contribution is 2.30. The molecule has 0 bridgehead atoms. The van der Waals surface area contributed by atoms with Crippen LogP contribution >= 0.6 is 0 Å². The summed E-state index contributed by atoms with van der Waals surface area (Å²) >= 11 is 0. The van der Waals surface area contributed by atoms with Gasteiger partial charge in [0.1, 0.15) is 5.71 Å². The van der Waals surface area contributed by atoms with Gasteiger partial charge < -0.3 is 10.1 Å². The van der Waals surface area contributed by atoms with Crippen LogP contribution in [0, 0.1) is 0 Å². The fourth-order valence-corrected chi connectivity index (χ4v) is 4.96. The van der Waals surface area contributed by atoms with Gasteiger partial charge in [-0.05, 0) is 31.5 Å². The summed E-state index contributed by atoms with van der Waals surface area (Å²) in [6.45, 7) is 1.23. The molecule has 2 unspecified atom stereocenters. The second-order valence-corrected chi connectivity index (χ2v) is 9.69. The fourth-order valence-electron chi connectivity index (χ4n) is 3.27. The Morgan fingerprint density at radius 2 is 2.00 bits per heavy atom. The Morgan fingerprint density at radius 1 is 1.28 bits per heavy atom. The van der Waals surface area contributed by atoms with Crippen LogP contribution in [-0.4, -0.2) is 60.6 Å². The number of hydrogen-bond acceptors (Lipinski definition) is 7. The molecule has 0 saturated carbocycles. The lowest BCUT2D eigenvalue weighted by Crippen LogP contribution is -2.42. The number of halogens is 3. The van der Waals surface area contributed by atoms with Gasteiger partial charge in [-0.15, -0.1) is 0 Å². The Balaban J connectivity index is 1.64. The number of hydrazone groups is 1. The maximum Gasteiger partial charge on any atom is 0.416 e. The van der Waals surface area contributed by atoms with E-state index in [9.17, 15) is 36.0 Å². The van der Waals surface area contributed by atoms with Crippen molar-refractivity contribution in [2.45, 2.75) is 44.5 Å². The molecule has 1 aromatic carbocycles. The van der Waals surface area contributed by atoms with Crippen molar-refractivity contribution in [2.24, 2.45) is 5.10 Å². The summed E-state index contributed by atoms with van der Waals surface area (Å²) in [5.74, 6) is -2.58. The quantitative estimate of drug-likeness (QED) is 0.648. The van der Waals surface area contributed by atoms with Crippen LogP contribution in [0.3, 0.4) is 0 Å². The molecule has 2 aliphatic rings. The van der Waals surface area contributed by atoms with Crippen LogP contribution in [0.25, 0.3) is 0 Å². The molecule has 1 aromatic rings. The van der Waals surface area contributed by atoms with E-state index in [1.54, 1.807) is 0 Å². The Hall–Kier alpha value is -2.96. The first-order valence-electron chi connectivity index (χ1n) is 9.65. The van der Waals surface area contributed by atoms with Crippen LogP contribution in [-0.2, 0) is 35.1 Å². The minimum atomic E-state index is -4.58. The Kier molecular flexibility index (Phi) is 6.58. The topological polar surface area (TPSA) is 122 Å². The lowest BCUT2D eigenvalue weighted by atomic mass is 10.1. The number of nitrogens with one attached hydrogen (secondary N) is 1. The molecule has 9 nitrogen and oxygen atoms in total. The third-order valence-corrected chi connectivity index (χ3v) is 6.71. The number of hydrogen-bond donors (Lipinski definition) is 1. The molecule has 3 rings (SSSR count). The van der Waals surface area contributed by atoms with Crippen LogP contribution in [0.1, 0.15) is 31.7 Å². The van der Waals surface area contributed by atoms with Gasteiger partial charge >= 0.3 is 12.1 Å². The van der Waals surface area contributed by atoms with Gasteiger partial charge in [0.05, 0.1) is 23.1 Å². The number of carbonyl (C=O) groups is 3. The van der Waals surface area contributed by atoms with E-state index in [1.165, 1.54) is 13.0 Å². The number of benzene rings is 1. The van der Waals surface area contributed by atoms with Crippen molar-refractivity contribution >= 4 is 39.0 Å². The molecule has 1 fully saturated rings. The van der Waals surface area contributed by atoms with E-state index >= 15 is 0 Å². The van der Waals surface area contributed by atoms with E-state index in [4.69, 9.17) is 4.74 Å². The van der Waals surface area contributed by atoms with Gasteiger partial charge in [-0.2, -0.15) is 18.3 Å². The number of anilines is 1. The van der Waals surface area contributed by atoms with Gasteiger partial charge in [0.25, 0.3) is 5.91 Å². The van der Waals surface area contributed by atoms with Crippen molar-refractivity contribution in [1.29, 1.82) is 0 Å². The molecule has 2 atom stereocenters. The number of nitrogens with zero attached hydrogens (tertiary/aromatic N) is 2. The SMILES string of the molecule is CC(OC(=O)C1=NN(C2CCS(=O)(=O)C2)C(=O)CC1)C(=O)Nc1cccc(C(F)(F)F)c1. The summed E-state index contributed by atoms with van der Waals surface area (Å²) in [4.78, 5) is 36.8. The molecule has 0 aromatic heterocycles. The predicted octanol–water partition coefficient (Wildman–Crippen LogP) is 1.74.